The van der Waals surface area contributed by atoms with E-state index >= 15 is 0 Å². The Balaban J connectivity index is 3.73. The topological polar surface area (TPSA) is 34.1 Å². The van der Waals surface area contributed by atoms with Crippen molar-refractivity contribution in [1.82, 2.24) is 0 Å². The van der Waals surface area contributed by atoms with Crippen molar-refractivity contribution in [2.24, 2.45) is 0 Å². The molecular weight excluding hydrogens is 283 g/mol. The van der Waals surface area contributed by atoms with Crippen LogP contribution in [-0.2, 0) is 25.7 Å². The predicted octanol–water partition coefficient (Wildman–Crippen LogP) is 2.49. The molecule has 0 heterocycles. The Morgan fingerprint density at radius 3 is 1.56 bits per heavy atom. The molecular formula is C6H14HfO2. The van der Waals surface area contributed by atoms with Crippen molar-refractivity contribution in [3.05, 3.63) is 0 Å². The van der Waals surface area contributed by atoms with Gasteiger partial charge in [0.15, 0.2) is 0 Å². The quantitative estimate of drug-likeness (QED) is 0.747. The van der Waals surface area contributed by atoms with Crippen molar-refractivity contribution in [1.29, 1.82) is 0 Å². The van der Waals surface area contributed by atoms with Gasteiger partial charge < -0.3 is 0 Å². The molecule has 0 rings (SSSR count). The first kappa shape index (κ1) is 9.47. The fourth-order valence-electron chi connectivity index (χ4n) is 0.887. The molecule has 0 atom stereocenters. The van der Waals surface area contributed by atoms with Crippen LogP contribution in [0.1, 0.15) is 26.7 Å². The van der Waals surface area contributed by atoms with E-state index in [0.29, 0.717) is 8.35 Å². The third-order valence-electron chi connectivity index (χ3n) is 1.26. The molecule has 3 heteroatoms. The van der Waals surface area contributed by atoms with E-state index in [1.807, 2.05) is 13.8 Å². The van der Waals surface area contributed by atoms with Crippen LogP contribution >= 0.6 is 0 Å². The molecule has 0 spiro atoms. The van der Waals surface area contributed by atoms with Crippen LogP contribution in [0, 0.1) is 0 Å². The molecule has 0 saturated heterocycles. The van der Waals surface area contributed by atoms with E-state index in [4.69, 9.17) is 0 Å². The second-order valence-electron chi connectivity index (χ2n) is 2.41. The summed E-state index contributed by atoms with van der Waals surface area (Å²) in [6, 6.07) is 0. The molecule has 0 bridgehead atoms. The molecule has 0 unspecified atom stereocenters. The molecule has 2 nitrogen and oxygen atoms in total. The molecule has 0 aliphatic carbocycles. The monoisotopic (exact) mass is 298 g/mol. The van der Waals surface area contributed by atoms with Crippen LogP contribution in [0.5, 0.6) is 0 Å². The number of hydrogen-bond acceptors (Lipinski definition) is 2. The van der Waals surface area contributed by atoms with Gasteiger partial charge >= 0.3 is 60.7 Å². The molecule has 0 fully saturated rings. The normalized spacial score (nSPS) is 10.0. The Bertz CT molecular complexity index is 134. The second kappa shape index (κ2) is 4.31. The fourth-order valence-corrected chi connectivity index (χ4v) is 7.26. The van der Waals surface area contributed by atoms with Crippen LogP contribution in [0.15, 0.2) is 0 Å². The summed E-state index contributed by atoms with van der Waals surface area (Å²) >= 11 is -3.99. The van der Waals surface area contributed by atoms with Crippen LogP contribution in [0.4, 0.5) is 0 Å². The number of hydrogen-bond donors (Lipinski definition) is 0. The van der Waals surface area contributed by atoms with E-state index in [1.54, 1.807) is 0 Å². The third-order valence-corrected chi connectivity index (χ3v) is 10.3. The van der Waals surface area contributed by atoms with Gasteiger partial charge in [0.25, 0.3) is 0 Å². The standard InChI is InChI=1S/2C3H7.Hf.2O/c2*1-3-2;;;/h2*1,3H2,2H3;;;. The van der Waals surface area contributed by atoms with Gasteiger partial charge in [-0.15, -0.1) is 0 Å². The van der Waals surface area contributed by atoms with Crippen LogP contribution in [-0.4, -0.2) is 0 Å². The van der Waals surface area contributed by atoms with Crippen molar-refractivity contribution < 1.29 is 25.7 Å². The van der Waals surface area contributed by atoms with Crippen molar-refractivity contribution in [3.8, 4) is 0 Å². The molecule has 54 valence electrons. The van der Waals surface area contributed by atoms with Gasteiger partial charge in [-0.1, -0.05) is 0 Å². The minimum absolute atomic E-state index is 0.487. The Kier molecular flexibility index (Phi) is 4.54. The molecule has 0 radical (unpaired) electrons. The molecule has 0 amide bonds. The third kappa shape index (κ3) is 4.94. The van der Waals surface area contributed by atoms with E-state index in [2.05, 4.69) is 0 Å². The summed E-state index contributed by atoms with van der Waals surface area (Å²) < 4.78 is 22.9. The Morgan fingerprint density at radius 1 is 1.00 bits per heavy atom. The molecule has 9 heavy (non-hydrogen) atoms. The Hall–Kier alpha value is 0.470. The Morgan fingerprint density at radius 2 is 1.33 bits per heavy atom. The van der Waals surface area contributed by atoms with Crippen LogP contribution in [0.2, 0.25) is 8.35 Å². The van der Waals surface area contributed by atoms with Gasteiger partial charge in [0, 0.05) is 0 Å². The summed E-state index contributed by atoms with van der Waals surface area (Å²) in [6.07, 6.45) is 1.60. The molecule has 0 aromatic heterocycles. The van der Waals surface area contributed by atoms with Crippen LogP contribution < -0.4 is 0 Å². The first-order valence-electron chi connectivity index (χ1n) is 3.53. The van der Waals surface area contributed by atoms with Gasteiger partial charge in [-0.05, 0) is 0 Å². The minimum atomic E-state index is -3.99. The van der Waals surface area contributed by atoms with Crippen molar-refractivity contribution >= 4 is 0 Å². The van der Waals surface area contributed by atoms with Gasteiger partial charge in [0.05, 0.1) is 0 Å². The second-order valence-corrected chi connectivity index (χ2v) is 12.5. The van der Waals surface area contributed by atoms with E-state index < -0.39 is 20.0 Å². The van der Waals surface area contributed by atoms with E-state index in [-0.39, 0.29) is 0 Å². The summed E-state index contributed by atoms with van der Waals surface area (Å²) in [5.74, 6) is 0. The van der Waals surface area contributed by atoms with Gasteiger partial charge in [0.1, 0.15) is 0 Å². The maximum absolute atomic E-state index is 11.0. The van der Waals surface area contributed by atoms with Crippen molar-refractivity contribution in [2.75, 3.05) is 0 Å². The zero-order valence-corrected chi connectivity index (χ0v) is 9.74. The summed E-state index contributed by atoms with van der Waals surface area (Å²) in [5.41, 5.74) is 0. The van der Waals surface area contributed by atoms with Crippen molar-refractivity contribution in [3.63, 3.8) is 0 Å². The molecule has 0 aromatic rings. The molecule has 0 aliphatic heterocycles. The van der Waals surface area contributed by atoms with Crippen molar-refractivity contribution in [2.45, 2.75) is 35.0 Å². The predicted molar refractivity (Wildman–Crippen MR) is 31.6 cm³/mol. The maximum atomic E-state index is 11.0. The van der Waals surface area contributed by atoms with Gasteiger partial charge in [-0.2, -0.15) is 0 Å². The SMILES string of the molecule is CC[CH2][Hf](=[O])(=[O])[CH2]CC. The molecule has 0 aromatic carbocycles. The van der Waals surface area contributed by atoms with Crippen LogP contribution in [0.3, 0.4) is 0 Å². The summed E-state index contributed by atoms with van der Waals surface area (Å²) in [4.78, 5) is 0. The first-order valence-corrected chi connectivity index (χ1v) is 11.5. The molecule has 0 N–H and O–H groups in total. The Labute approximate surface area is 60.8 Å². The van der Waals surface area contributed by atoms with Gasteiger partial charge in [0.2, 0.25) is 0 Å². The van der Waals surface area contributed by atoms with E-state index in [1.165, 1.54) is 0 Å². The molecule has 0 aliphatic rings. The molecule has 0 saturated carbocycles. The first-order chi connectivity index (χ1) is 4.12. The van der Waals surface area contributed by atoms with Crippen LogP contribution in [0.25, 0.3) is 0 Å². The summed E-state index contributed by atoms with van der Waals surface area (Å²) in [7, 11) is 0. The average Bonchev–Trinajstić information content (AvgIpc) is 1.64. The summed E-state index contributed by atoms with van der Waals surface area (Å²) in [5, 5.41) is 0. The van der Waals surface area contributed by atoms with E-state index in [0.717, 1.165) is 12.8 Å². The zero-order chi connectivity index (χ0) is 7.33. The van der Waals surface area contributed by atoms with E-state index in [9.17, 15) is 5.71 Å². The number of rotatable bonds is 4. The van der Waals surface area contributed by atoms with Gasteiger partial charge in [-0.3, -0.25) is 0 Å². The average molecular weight is 297 g/mol. The van der Waals surface area contributed by atoms with Gasteiger partial charge in [-0.25, -0.2) is 0 Å². The zero-order valence-electron chi connectivity index (χ0n) is 6.14. The fraction of sp³-hybridized carbons (Fsp3) is 1.00. The summed E-state index contributed by atoms with van der Waals surface area (Å²) in [6.45, 7) is 3.83.